The first-order valence-corrected chi connectivity index (χ1v) is 9.52. The van der Waals surface area contributed by atoms with E-state index < -0.39 is 0 Å². The van der Waals surface area contributed by atoms with Gasteiger partial charge in [0.25, 0.3) is 0 Å². The Labute approximate surface area is 163 Å². The van der Waals surface area contributed by atoms with Gasteiger partial charge in [0.15, 0.2) is 17.3 Å². The molecule has 0 N–H and O–H groups in total. The predicted octanol–water partition coefficient (Wildman–Crippen LogP) is 5.85. The zero-order valence-corrected chi connectivity index (χ0v) is 16.5. The Morgan fingerprint density at radius 1 is 1.04 bits per heavy atom. The topological polar surface area (TPSA) is 35.5 Å². The van der Waals surface area contributed by atoms with Crippen LogP contribution in [0.4, 0.5) is 0 Å². The lowest BCUT2D eigenvalue weighted by Crippen LogP contribution is -1.98. The third-order valence-corrected chi connectivity index (χ3v) is 5.12. The van der Waals surface area contributed by atoms with Crippen LogP contribution in [0.25, 0.3) is 6.08 Å². The van der Waals surface area contributed by atoms with Crippen molar-refractivity contribution in [3.05, 3.63) is 87.1 Å². The molecule has 0 fully saturated rings. The molecule has 0 amide bonds. The average Bonchev–Trinajstić information content (AvgIpc) is 3.03. The first-order chi connectivity index (χ1) is 13.1. The van der Waals surface area contributed by atoms with E-state index in [9.17, 15) is 4.79 Å². The van der Waals surface area contributed by atoms with Crippen molar-refractivity contribution in [1.82, 2.24) is 0 Å². The lowest BCUT2D eigenvalue weighted by molar-refractivity contribution is 0.104. The minimum absolute atomic E-state index is 0.0134. The first-order valence-electron chi connectivity index (χ1n) is 8.71. The highest BCUT2D eigenvalue weighted by Gasteiger charge is 2.10. The van der Waals surface area contributed by atoms with E-state index in [2.05, 4.69) is 0 Å². The van der Waals surface area contributed by atoms with Crippen LogP contribution in [-0.4, -0.2) is 12.9 Å². The van der Waals surface area contributed by atoms with E-state index in [0.29, 0.717) is 18.1 Å². The summed E-state index contributed by atoms with van der Waals surface area (Å²) in [6.07, 6.45) is 3.42. The van der Waals surface area contributed by atoms with Gasteiger partial charge in [-0.3, -0.25) is 4.79 Å². The highest BCUT2D eigenvalue weighted by atomic mass is 32.1. The smallest absolute Gasteiger partial charge is 0.186 e. The Morgan fingerprint density at radius 3 is 2.48 bits per heavy atom. The number of benzene rings is 2. The fourth-order valence-electron chi connectivity index (χ4n) is 2.78. The van der Waals surface area contributed by atoms with Crippen LogP contribution in [0.2, 0.25) is 0 Å². The molecule has 3 nitrogen and oxygen atoms in total. The maximum absolute atomic E-state index is 12.4. The van der Waals surface area contributed by atoms with Crippen molar-refractivity contribution in [2.75, 3.05) is 7.11 Å². The third-order valence-electron chi connectivity index (χ3n) is 4.16. The summed E-state index contributed by atoms with van der Waals surface area (Å²) in [7, 11) is 1.62. The van der Waals surface area contributed by atoms with Crippen molar-refractivity contribution in [2.45, 2.75) is 20.5 Å². The molecular weight excluding hydrogens is 356 g/mol. The summed E-state index contributed by atoms with van der Waals surface area (Å²) < 4.78 is 11.3. The summed E-state index contributed by atoms with van der Waals surface area (Å²) >= 11 is 1.64. The second kappa shape index (κ2) is 8.69. The first kappa shape index (κ1) is 18.9. The third kappa shape index (κ3) is 4.86. The molecule has 1 aromatic heterocycles. The van der Waals surface area contributed by atoms with Crippen molar-refractivity contribution in [3.63, 3.8) is 0 Å². The summed E-state index contributed by atoms with van der Waals surface area (Å²) in [6, 6.07) is 17.5. The van der Waals surface area contributed by atoms with Gasteiger partial charge in [-0.25, -0.2) is 0 Å². The van der Waals surface area contributed by atoms with E-state index in [1.165, 1.54) is 0 Å². The normalized spacial score (nSPS) is 10.9. The Hall–Kier alpha value is -2.85. The van der Waals surface area contributed by atoms with Crippen LogP contribution in [-0.2, 0) is 6.61 Å². The van der Waals surface area contributed by atoms with Crippen LogP contribution in [0, 0.1) is 13.8 Å². The molecule has 0 aliphatic carbocycles. The highest BCUT2D eigenvalue weighted by Crippen LogP contribution is 2.29. The van der Waals surface area contributed by atoms with Crippen LogP contribution in [0.1, 0.15) is 31.2 Å². The van der Waals surface area contributed by atoms with E-state index in [1.54, 1.807) is 24.5 Å². The number of carbonyl (C=O) groups excluding carboxylic acids is 1. The summed E-state index contributed by atoms with van der Waals surface area (Å²) in [4.78, 5) is 14.6. The Morgan fingerprint density at radius 2 is 1.81 bits per heavy atom. The molecule has 2 aromatic carbocycles. The molecular formula is C23H22O3S. The van der Waals surface area contributed by atoms with Crippen molar-refractivity contribution < 1.29 is 14.3 Å². The number of thiophene rings is 1. The summed E-state index contributed by atoms with van der Waals surface area (Å²) in [5.41, 5.74) is 2.73. The molecule has 0 aliphatic rings. The summed E-state index contributed by atoms with van der Waals surface area (Å²) in [6.45, 7) is 4.44. The zero-order valence-electron chi connectivity index (χ0n) is 15.7. The molecule has 0 bridgehead atoms. The van der Waals surface area contributed by atoms with E-state index in [0.717, 1.165) is 26.4 Å². The van der Waals surface area contributed by atoms with Crippen molar-refractivity contribution in [2.24, 2.45) is 0 Å². The van der Waals surface area contributed by atoms with Crippen molar-refractivity contribution in [1.29, 1.82) is 0 Å². The Balaban J connectivity index is 1.76. The maximum Gasteiger partial charge on any atom is 0.186 e. The standard InChI is InChI=1S/C23H22O3S/c1-16-13-20(17(2)27-16)21(24)11-9-18-10-12-22(25-3)23(14-18)26-15-19-7-5-4-6-8-19/h4-14H,15H2,1-3H3/b11-9+. The molecule has 0 spiro atoms. The van der Waals surface area contributed by atoms with Gasteiger partial charge in [-0.1, -0.05) is 42.5 Å². The van der Waals surface area contributed by atoms with Gasteiger partial charge in [0.05, 0.1) is 7.11 Å². The zero-order chi connectivity index (χ0) is 19.2. The number of hydrogen-bond acceptors (Lipinski definition) is 4. The number of methoxy groups -OCH3 is 1. The predicted molar refractivity (Wildman–Crippen MR) is 111 cm³/mol. The molecule has 0 radical (unpaired) electrons. The van der Waals surface area contributed by atoms with Gasteiger partial charge < -0.3 is 9.47 Å². The number of aryl methyl sites for hydroxylation is 2. The van der Waals surface area contributed by atoms with E-state index in [4.69, 9.17) is 9.47 Å². The Kier molecular flexibility index (Phi) is 6.09. The summed E-state index contributed by atoms with van der Waals surface area (Å²) in [5.74, 6) is 1.33. The number of rotatable bonds is 7. The highest BCUT2D eigenvalue weighted by molar-refractivity contribution is 7.12. The van der Waals surface area contributed by atoms with E-state index >= 15 is 0 Å². The molecule has 27 heavy (non-hydrogen) atoms. The second-order valence-electron chi connectivity index (χ2n) is 6.21. The molecule has 0 saturated heterocycles. The molecule has 0 atom stereocenters. The van der Waals surface area contributed by atoms with Crippen LogP contribution >= 0.6 is 11.3 Å². The van der Waals surface area contributed by atoms with E-state index in [-0.39, 0.29) is 5.78 Å². The number of carbonyl (C=O) groups is 1. The molecule has 0 aliphatic heterocycles. The van der Waals surface area contributed by atoms with Gasteiger partial charge in [-0.15, -0.1) is 11.3 Å². The van der Waals surface area contributed by atoms with Crippen LogP contribution in [0.3, 0.4) is 0 Å². The van der Waals surface area contributed by atoms with Crippen molar-refractivity contribution >= 4 is 23.2 Å². The number of allylic oxidation sites excluding steroid dienone is 1. The molecule has 1 heterocycles. The average molecular weight is 378 g/mol. The van der Waals surface area contributed by atoms with Gasteiger partial charge in [-0.05, 0) is 49.2 Å². The number of ether oxygens (including phenoxy) is 2. The SMILES string of the molecule is COc1ccc(/C=C/C(=O)c2cc(C)sc2C)cc1OCc1ccccc1. The molecule has 0 unspecified atom stereocenters. The quantitative estimate of drug-likeness (QED) is 0.382. The van der Waals surface area contributed by atoms with Gasteiger partial charge in [0.1, 0.15) is 6.61 Å². The minimum Gasteiger partial charge on any atom is -0.493 e. The fourth-order valence-corrected chi connectivity index (χ4v) is 3.71. The van der Waals surface area contributed by atoms with Crippen LogP contribution in [0.15, 0.2) is 60.7 Å². The van der Waals surface area contributed by atoms with Gasteiger partial charge in [0, 0.05) is 15.3 Å². The van der Waals surface area contributed by atoms with Gasteiger partial charge in [0.2, 0.25) is 0 Å². The van der Waals surface area contributed by atoms with Crippen LogP contribution in [0.5, 0.6) is 11.5 Å². The molecule has 3 rings (SSSR count). The van der Waals surface area contributed by atoms with E-state index in [1.807, 2.05) is 74.5 Å². The molecule has 4 heteroatoms. The second-order valence-corrected chi connectivity index (χ2v) is 7.67. The minimum atomic E-state index is 0.0134. The lowest BCUT2D eigenvalue weighted by atomic mass is 10.1. The van der Waals surface area contributed by atoms with Crippen molar-refractivity contribution in [3.8, 4) is 11.5 Å². The molecule has 138 valence electrons. The van der Waals surface area contributed by atoms with Crippen LogP contribution < -0.4 is 9.47 Å². The monoisotopic (exact) mass is 378 g/mol. The number of ketones is 1. The number of hydrogen-bond donors (Lipinski definition) is 0. The largest absolute Gasteiger partial charge is 0.493 e. The maximum atomic E-state index is 12.4. The molecule has 0 saturated carbocycles. The summed E-state index contributed by atoms with van der Waals surface area (Å²) in [5, 5.41) is 0. The Bertz CT molecular complexity index is 955. The van der Waals surface area contributed by atoms with Gasteiger partial charge in [-0.2, -0.15) is 0 Å². The van der Waals surface area contributed by atoms with Gasteiger partial charge >= 0.3 is 0 Å². The molecule has 3 aromatic rings. The lowest BCUT2D eigenvalue weighted by Gasteiger charge is -2.11. The fraction of sp³-hybridized carbons (Fsp3) is 0.174.